The molecule has 0 saturated carbocycles. The fraction of sp³-hybridized carbons (Fsp3) is 0.880. The third kappa shape index (κ3) is 14.3. The molecule has 0 aromatic rings. The Hall–Kier alpha value is -0.760. The van der Waals surface area contributed by atoms with Gasteiger partial charge in [-0.25, -0.2) is 0 Å². The summed E-state index contributed by atoms with van der Waals surface area (Å²) in [6, 6.07) is 0. The van der Waals surface area contributed by atoms with E-state index in [-0.39, 0.29) is 42.7 Å². The van der Waals surface area contributed by atoms with Crippen LogP contribution in [0.4, 0.5) is 0 Å². The van der Waals surface area contributed by atoms with E-state index >= 15 is 0 Å². The van der Waals surface area contributed by atoms with Gasteiger partial charge in [-0.05, 0) is 0 Å². The minimum atomic E-state index is -1.24. The minimum Gasteiger partial charge on any atom is -0.0558 e. The molecular formula is C25H50NO3P. The van der Waals surface area contributed by atoms with Gasteiger partial charge in [0.25, 0.3) is 0 Å². The van der Waals surface area contributed by atoms with Crippen molar-refractivity contribution in [2.75, 3.05) is 31.2 Å². The van der Waals surface area contributed by atoms with E-state index in [4.69, 9.17) is 0 Å². The molecule has 0 radical (unpaired) electrons. The quantitative estimate of drug-likeness (QED) is 0.185. The number of Topliss-reactive ketones (excluding diaryl/α,β-unsaturated/α-hetero) is 2. The minimum absolute atomic E-state index is 0.0178. The average Bonchev–Trinajstić information content (AvgIpc) is 2.73. The molecule has 0 spiro atoms. The average molecular weight is 444 g/mol. The molecule has 0 aliphatic carbocycles. The molecular weight excluding hydrogens is 393 g/mol. The standard InChI is InChI=1S/C25H50NO3P/c1-6-9-18-30(19-10-7-2,20-11-8-3)21-12-17-26-25(29)16-14-23(27)13-15-24(28)22(4)5/h22,30H,6-21H2,1-5H3,(H,26,29). The molecule has 0 aliphatic rings. The topological polar surface area (TPSA) is 63.2 Å². The van der Waals surface area contributed by atoms with Gasteiger partial charge in [0.2, 0.25) is 0 Å². The molecule has 1 N–H and O–H groups in total. The van der Waals surface area contributed by atoms with Crippen molar-refractivity contribution >= 4 is 24.7 Å². The van der Waals surface area contributed by atoms with Gasteiger partial charge in [-0.3, -0.25) is 0 Å². The van der Waals surface area contributed by atoms with Gasteiger partial charge in [0.05, 0.1) is 0 Å². The van der Waals surface area contributed by atoms with Gasteiger partial charge < -0.3 is 0 Å². The molecule has 0 heterocycles. The van der Waals surface area contributed by atoms with Crippen LogP contribution in [0.1, 0.15) is 105 Å². The first-order valence-electron chi connectivity index (χ1n) is 12.6. The van der Waals surface area contributed by atoms with Crippen LogP contribution < -0.4 is 5.32 Å². The Labute approximate surface area is 187 Å². The summed E-state index contributed by atoms with van der Waals surface area (Å²) in [5.41, 5.74) is 0. The molecule has 0 aromatic carbocycles. The van der Waals surface area contributed by atoms with Crippen molar-refractivity contribution in [1.29, 1.82) is 0 Å². The van der Waals surface area contributed by atoms with Crippen molar-refractivity contribution in [2.24, 2.45) is 5.92 Å². The number of rotatable bonds is 20. The Morgan fingerprint density at radius 2 is 1.17 bits per heavy atom. The third-order valence-corrected chi connectivity index (χ3v) is 12.0. The monoisotopic (exact) mass is 443 g/mol. The van der Waals surface area contributed by atoms with Crippen LogP contribution >= 0.6 is 7.26 Å². The number of ketones is 2. The second kappa shape index (κ2) is 17.9. The summed E-state index contributed by atoms with van der Waals surface area (Å²) < 4.78 is 0. The van der Waals surface area contributed by atoms with Gasteiger partial charge in [0.1, 0.15) is 0 Å². The van der Waals surface area contributed by atoms with Crippen LogP contribution in [0.15, 0.2) is 0 Å². The van der Waals surface area contributed by atoms with Crippen LogP contribution in [-0.2, 0) is 14.4 Å². The van der Waals surface area contributed by atoms with Crippen LogP contribution in [-0.4, -0.2) is 48.7 Å². The number of unbranched alkanes of at least 4 members (excludes halogenated alkanes) is 3. The summed E-state index contributed by atoms with van der Waals surface area (Å²) in [6.07, 6.45) is 15.7. The number of nitrogens with one attached hydrogen (secondary N) is 1. The first-order chi connectivity index (χ1) is 14.3. The molecule has 1 amide bonds. The van der Waals surface area contributed by atoms with Crippen molar-refractivity contribution in [3.63, 3.8) is 0 Å². The van der Waals surface area contributed by atoms with Gasteiger partial charge in [-0.15, -0.1) is 0 Å². The predicted octanol–water partition coefficient (Wildman–Crippen LogP) is 6.00. The van der Waals surface area contributed by atoms with Crippen LogP contribution in [0.25, 0.3) is 0 Å². The number of amides is 1. The summed E-state index contributed by atoms with van der Waals surface area (Å²) in [7, 11) is -1.24. The Morgan fingerprint density at radius 3 is 1.63 bits per heavy atom. The fourth-order valence-electron chi connectivity index (χ4n) is 4.11. The smallest absolute Gasteiger partial charge is 0.0558 e. The molecule has 0 fully saturated rings. The molecule has 0 atom stereocenters. The van der Waals surface area contributed by atoms with Crippen molar-refractivity contribution < 1.29 is 14.4 Å². The Morgan fingerprint density at radius 1 is 0.700 bits per heavy atom. The SMILES string of the molecule is CCCC[PH](CCCC)(CCCC)CCCNC(=O)CCC(=O)CCC(=O)C(C)C. The van der Waals surface area contributed by atoms with E-state index in [0.717, 1.165) is 13.0 Å². The summed E-state index contributed by atoms with van der Waals surface area (Å²) >= 11 is 0. The van der Waals surface area contributed by atoms with E-state index < -0.39 is 7.26 Å². The van der Waals surface area contributed by atoms with Gasteiger partial charge in [0, 0.05) is 0 Å². The summed E-state index contributed by atoms with van der Waals surface area (Å²) in [5, 5.41) is 3.03. The molecule has 0 unspecified atom stereocenters. The first-order valence-corrected chi connectivity index (χ1v) is 15.4. The van der Waals surface area contributed by atoms with Gasteiger partial charge in [-0.2, -0.15) is 0 Å². The van der Waals surface area contributed by atoms with Crippen molar-refractivity contribution in [2.45, 2.75) is 105 Å². The normalized spacial score (nSPS) is 12.2. The van der Waals surface area contributed by atoms with Crippen molar-refractivity contribution in [1.82, 2.24) is 5.32 Å². The van der Waals surface area contributed by atoms with E-state index in [1.165, 1.54) is 63.2 Å². The Bertz CT molecular complexity index is 469. The predicted molar refractivity (Wildman–Crippen MR) is 133 cm³/mol. The van der Waals surface area contributed by atoms with E-state index in [0.29, 0.717) is 6.42 Å². The molecule has 0 aromatic heterocycles. The first kappa shape index (κ1) is 29.2. The zero-order valence-corrected chi connectivity index (χ0v) is 21.6. The fourth-order valence-corrected chi connectivity index (χ4v) is 9.85. The number of carbonyl (C=O) groups excluding carboxylic acids is 3. The summed E-state index contributed by atoms with van der Waals surface area (Å²) in [4.78, 5) is 35.6. The van der Waals surface area contributed by atoms with E-state index in [2.05, 4.69) is 26.1 Å². The zero-order chi connectivity index (χ0) is 22.8. The van der Waals surface area contributed by atoms with Crippen LogP contribution in [0.2, 0.25) is 0 Å². The van der Waals surface area contributed by atoms with E-state index in [1.807, 2.05) is 13.8 Å². The second-order valence-corrected chi connectivity index (χ2v) is 14.4. The van der Waals surface area contributed by atoms with Crippen molar-refractivity contribution in [3.05, 3.63) is 0 Å². The molecule has 0 bridgehead atoms. The van der Waals surface area contributed by atoms with Gasteiger partial charge >= 0.3 is 173 Å². The van der Waals surface area contributed by atoms with Gasteiger partial charge in [0.15, 0.2) is 0 Å². The number of hydrogen-bond acceptors (Lipinski definition) is 3. The zero-order valence-electron chi connectivity index (χ0n) is 20.6. The number of carbonyl (C=O) groups is 3. The maximum atomic E-state index is 12.1. The van der Waals surface area contributed by atoms with Crippen molar-refractivity contribution in [3.8, 4) is 0 Å². The van der Waals surface area contributed by atoms with Crippen LogP contribution in [0, 0.1) is 5.92 Å². The van der Waals surface area contributed by atoms with Crippen LogP contribution in [0.3, 0.4) is 0 Å². The summed E-state index contributed by atoms with van der Waals surface area (Å²) in [6.45, 7) is 11.3. The summed E-state index contributed by atoms with van der Waals surface area (Å²) in [5.74, 6) is 0.0872. The van der Waals surface area contributed by atoms with E-state index in [9.17, 15) is 14.4 Å². The van der Waals surface area contributed by atoms with Gasteiger partial charge in [-0.1, -0.05) is 13.8 Å². The third-order valence-electron chi connectivity index (χ3n) is 6.31. The number of hydrogen-bond donors (Lipinski definition) is 1. The molecule has 0 aliphatic heterocycles. The molecule has 5 heteroatoms. The second-order valence-electron chi connectivity index (χ2n) is 9.42. The Kier molecular flexibility index (Phi) is 17.4. The molecule has 0 rings (SSSR count). The Balaban J connectivity index is 4.32. The molecule has 178 valence electrons. The van der Waals surface area contributed by atoms with Crippen LogP contribution in [0.5, 0.6) is 0 Å². The molecule has 0 saturated heterocycles. The maximum absolute atomic E-state index is 12.1. The van der Waals surface area contributed by atoms with E-state index in [1.54, 1.807) is 0 Å². The molecule has 30 heavy (non-hydrogen) atoms. The molecule has 4 nitrogen and oxygen atoms in total.